The number of carboxylic acids is 1. The molecule has 1 aliphatic rings. The van der Waals surface area contributed by atoms with E-state index in [-0.39, 0.29) is 22.5 Å². The molecule has 11 nitrogen and oxygen atoms in total. The predicted molar refractivity (Wildman–Crippen MR) is 97.9 cm³/mol. The summed E-state index contributed by atoms with van der Waals surface area (Å²) >= 11 is 0. The molecular weight excluding hydrogens is 382 g/mol. The van der Waals surface area contributed by atoms with Crippen LogP contribution in [0.3, 0.4) is 0 Å². The average Bonchev–Trinajstić information content (AvgIpc) is 3.18. The second kappa shape index (κ2) is 8.17. The van der Waals surface area contributed by atoms with E-state index in [4.69, 9.17) is 9.47 Å². The number of carbonyl (C=O) groups is 3. The number of carboxylic acid groups (broad SMARTS) is 1. The number of ether oxygens (including phenoxy) is 2. The van der Waals surface area contributed by atoms with Crippen LogP contribution in [0.5, 0.6) is 0 Å². The van der Waals surface area contributed by atoms with Crippen LogP contribution in [0.2, 0.25) is 0 Å². The highest BCUT2D eigenvalue weighted by atomic mass is 16.5. The molecule has 0 atom stereocenters. The first-order valence-corrected chi connectivity index (χ1v) is 8.13. The Bertz CT molecular complexity index is 1050. The minimum atomic E-state index is -1.24. The maximum Gasteiger partial charge on any atom is 0.355 e. The third kappa shape index (κ3) is 3.74. The molecule has 148 valence electrons. The van der Waals surface area contributed by atoms with Crippen molar-refractivity contribution < 1.29 is 29.0 Å². The van der Waals surface area contributed by atoms with Crippen molar-refractivity contribution in [1.29, 1.82) is 0 Å². The summed E-state index contributed by atoms with van der Waals surface area (Å²) in [6.07, 6.45) is 7.19. The maximum absolute atomic E-state index is 12.5. The molecule has 29 heavy (non-hydrogen) atoms. The molecule has 1 aromatic heterocycles. The molecule has 2 aromatic rings. The van der Waals surface area contributed by atoms with Crippen LogP contribution in [0.4, 0.5) is 5.69 Å². The van der Waals surface area contributed by atoms with Gasteiger partial charge in [0.05, 0.1) is 36.7 Å². The van der Waals surface area contributed by atoms with Crippen molar-refractivity contribution in [2.24, 2.45) is 0 Å². The minimum absolute atomic E-state index is 0.0900. The largest absolute Gasteiger partial charge is 0.478 e. The molecule has 1 aliphatic heterocycles. The van der Waals surface area contributed by atoms with Gasteiger partial charge in [-0.15, -0.1) is 5.10 Å². The smallest absolute Gasteiger partial charge is 0.355 e. The van der Waals surface area contributed by atoms with Gasteiger partial charge in [0, 0.05) is 6.20 Å². The van der Waals surface area contributed by atoms with Crippen LogP contribution < -0.4 is 4.90 Å². The lowest BCUT2D eigenvalue weighted by Crippen LogP contribution is -2.28. The van der Waals surface area contributed by atoms with Crippen molar-refractivity contribution in [3.05, 3.63) is 65.8 Å². The van der Waals surface area contributed by atoms with Crippen molar-refractivity contribution in [3.8, 4) is 5.69 Å². The van der Waals surface area contributed by atoms with Crippen molar-refractivity contribution in [3.63, 3.8) is 0 Å². The summed E-state index contributed by atoms with van der Waals surface area (Å²) < 4.78 is 10.9. The summed E-state index contributed by atoms with van der Waals surface area (Å²) in [5.74, 6) is -2.88. The lowest BCUT2D eigenvalue weighted by molar-refractivity contribution is -0.139. The van der Waals surface area contributed by atoms with Gasteiger partial charge in [0.15, 0.2) is 0 Å². The molecule has 0 spiro atoms. The molecule has 0 aliphatic carbocycles. The number of esters is 2. The van der Waals surface area contributed by atoms with Crippen LogP contribution in [0.1, 0.15) is 10.4 Å². The third-order valence-electron chi connectivity index (χ3n) is 3.97. The standard InChI is InChI=1S/C18H15N5O6/c1-28-17(26)13-5-3-4-8-22(15(13)18(27)29-2)14-9-11(23-10-19-20-21-23)6-7-12(14)16(24)25/h3-10H,1-2H3,(H,24,25). The Balaban J connectivity index is 2.28. The Labute approximate surface area is 164 Å². The molecular formula is C18H15N5O6. The number of aromatic nitrogens is 4. The van der Waals surface area contributed by atoms with E-state index >= 15 is 0 Å². The lowest BCUT2D eigenvalue weighted by Gasteiger charge is -2.25. The van der Waals surface area contributed by atoms with E-state index in [0.29, 0.717) is 5.69 Å². The highest BCUT2D eigenvalue weighted by molar-refractivity contribution is 6.07. The Morgan fingerprint density at radius 3 is 2.45 bits per heavy atom. The molecule has 1 aromatic carbocycles. The summed E-state index contributed by atoms with van der Waals surface area (Å²) in [4.78, 5) is 37.9. The third-order valence-corrected chi connectivity index (χ3v) is 3.97. The van der Waals surface area contributed by atoms with Crippen LogP contribution in [0.15, 0.2) is 60.2 Å². The molecule has 0 radical (unpaired) electrons. The number of allylic oxidation sites excluding steroid dienone is 2. The first kappa shape index (κ1) is 19.5. The summed E-state index contributed by atoms with van der Waals surface area (Å²) in [5.41, 5.74) is 0.0879. The summed E-state index contributed by atoms with van der Waals surface area (Å²) in [6.45, 7) is 0. The average molecular weight is 397 g/mol. The van der Waals surface area contributed by atoms with E-state index in [0.717, 1.165) is 7.11 Å². The highest BCUT2D eigenvalue weighted by Gasteiger charge is 2.30. The van der Waals surface area contributed by atoms with Gasteiger partial charge in [-0.1, -0.05) is 6.08 Å². The zero-order chi connectivity index (χ0) is 21.0. The van der Waals surface area contributed by atoms with E-state index < -0.39 is 17.9 Å². The number of hydrogen-bond acceptors (Lipinski definition) is 9. The van der Waals surface area contributed by atoms with Gasteiger partial charge in [0.2, 0.25) is 0 Å². The van der Waals surface area contributed by atoms with Gasteiger partial charge < -0.3 is 19.5 Å². The van der Waals surface area contributed by atoms with Gasteiger partial charge in [-0.2, -0.15) is 0 Å². The fourth-order valence-corrected chi connectivity index (χ4v) is 2.67. The first-order chi connectivity index (χ1) is 14.0. The molecule has 0 amide bonds. The fourth-order valence-electron chi connectivity index (χ4n) is 2.67. The molecule has 0 unspecified atom stereocenters. The number of nitrogens with zero attached hydrogens (tertiary/aromatic N) is 5. The number of hydrogen-bond donors (Lipinski definition) is 1. The molecule has 0 saturated heterocycles. The summed E-state index contributed by atoms with van der Waals surface area (Å²) in [7, 11) is 2.32. The topological polar surface area (TPSA) is 137 Å². The Kier molecular flexibility index (Phi) is 5.49. The SMILES string of the molecule is COC(=O)C1=C(C(=O)OC)N(c2cc(-n3cnnn3)ccc2C(=O)O)C=CC=C1. The molecule has 0 saturated carbocycles. The number of anilines is 1. The van der Waals surface area contributed by atoms with Gasteiger partial charge >= 0.3 is 17.9 Å². The van der Waals surface area contributed by atoms with Crippen LogP contribution >= 0.6 is 0 Å². The second-order valence-electron chi connectivity index (χ2n) is 5.58. The molecule has 2 heterocycles. The zero-order valence-corrected chi connectivity index (χ0v) is 15.3. The quantitative estimate of drug-likeness (QED) is 0.723. The highest BCUT2D eigenvalue weighted by Crippen LogP contribution is 2.31. The van der Waals surface area contributed by atoms with E-state index in [1.54, 1.807) is 0 Å². The van der Waals surface area contributed by atoms with E-state index in [9.17, 15) is 19.5 Å². The van der Waals surface area contributed by atoms with Gasteiger partial charge in [0.25, 0.3) is 0 Å². The van der Waals surface area contributed by atoms with Crippen LogP contribution in [-0.2, 0) is 19.1 Å². The van der Waals surface area contributed by atoms with Crippen molar-refractivity contribution in [2.45, 2.75) is 0 Å². The predicted octanol–water partition coefficient (Wildman–Crippen LogP) is 0.850. The second-order valence-corrected chi connectivity index (χ2v) is 5.58. The maximum atomic E-state index is 12.5. The number of methoxy groups -OCH3 is 2. The molecule has 3 rings (SSSR count). The number of benzene rings is 1. The molecule has 0 fully saturated rings. The van der Waals surface area contributed by atoms with E-state index in [1.807, 2.05) is 0 Å². The van der Waals surface area contributed by atoms with E-state index in [2.05, 4.69) is 15.5 Å². The van der Waals surface area contributed by atoms with Crippen LogP contribution in [-0.4, -0.2) is 57.4 Å². The van der Waals surface area contributed by atoms with Crippen LogP contribution in [0, 0.1) is 0 Å². The lowest BCUT2D eigenvalue weighted by atomic mass is 10.1. The monoisotopic (exact) mass is 397 g/mol. The van der Waals surface area contributed by atoms with Crippen LogP contribution in [0.25, 0.3) is 5.69 Å². The minimum Gasteiger partial charge on any atom is -0.478 e. The summed E-state index contributed by atoms with van der Waals surface area (Å²) in [6, 6.07) is 4.31. The van der Waals surface area contributed by atoms with Gasteiger partial charge in [-0.25, -0.2) is 19.1 Å². The number of carbonyl (C=O) groups excluding carboxylic acids is 2. The van der Waals surface area contributed by atoms with Crippen molar-refractivity contribution in [2.75, 3.05) is 19.1 Å². The molecule has 0 bridgehead atoms. The molecule has 1 N–H and O–H groups in total. The van der Waals surface area contributed by atoms with Gasteiger partial charge in [0.1, 0.15) is 12.0 Å². The molecule has 11 heteroatoms. The number of aromatic carboxylic acids is 1. The van der Waals surface area contributed by atoms with Crippen molar-refractivity contribution >= 4 is 23.6 Å². The van der Waals surface area contributed by atoms with E-state index in [1.165, 1.54) is 65.6 Å². The number of tetrazole rings is 1. The Morgan fingerprint density at radius 1 is 1.07 bits per heavy atom. The fraction of sp³-hybridized carbons (Fsp3) is 0.111. The van der Waals surface area contributed by atoms with Gasteiger partial charge in [-0.3, -0.25) is 0 Å². The first-order valence-electron chi connectivity index (χ1n) is 8.13. The Morgan fingerprint density at radius 2 is 1.83 bits per heavy atom. The van der Waals surface area contributed by atoms with Gasteiger partial charge in [-0.05, 0) is 40.8 Å². The Hall–Kier alpha value is -4.28. The zero-order valence-electron chi connectivity index (χ0n) is 15.3. The number of rotatable bonds is 5. The summed E-state index contributed by atoms with van der Waals surface area (Å²) in [5, 5.41) is 20.5. The normalized spacial score (nSPS) is 13.2. The van der Waals surface area contributed by atoms with Crippen molar-refractivity contribution in [1.82, 2.24) is 20.2 Å².